The Hall–Kier alpha value is -4.15. The van der Waals surface area contributed by atoms with Crippen molar-refractivity contribution in [1.82, 2.24) is 9.97 Å². The van der Waals surface area contributed by atoms with Crippen molar-refractivity contribution in [3.63, 3.8) is 0 Å². The fourth-order valence-corrected chi connectivity index (χ4v) is 11.4. The minimum absolute atomic E-state index is 0. The van der Waals surface area contributed by atoms with E-state index in [-0.39, 0.29) is 20.1 Å². The number of aryl methyl sites for hydroxylation is 3. The number of aromatic nitrogens is 2. The zero-order valence-electron chi connectivity index (χ0n) is 34.9. The first-order valence-electron chi connectivity index (χ1n) is 20.8. The van der Waals surface area contributed by atoms with E-state index in [1.54, 1.807) is 0 Å². The van der Waals surface area contributed by atoms with E-state index >= 15 is 0 Å². The SMILES string of the molecule is CC(C)c1cc(-c2[c-]cccc2)ncc1[Si](C)(C)C.Cc1cc(-c2c(C)cccc2C)c2c(c1)oc1c(-c3cc(CC4CC5CCC4CC5)ccn3)[c-]ccc12.[Ir]. The summed E-state index contributed by atoms with van der Waals surface area (Å²) in [4.78, 5) is 9.47. The predicted octanol–water partition coefficient (Wildman–Crippen LogP) is 13.6. The summed E-state index contributed by atoms with van der Waals surface area (Å²) in [5.41, 5.74) is 15.0. The molecule has 0 N–H and O–H groups in total. The molecule has 0 spiro atoms. The molecule has 2 bridgehead atoms. The van der Waals surface area contributed by atoms with Crippen molar-refractivity contribution >= 4 is 35.2 Å². The molecule has 57 heavy (non-hydrogen) atoms. The van der Waals surface area contributed by atoms with E-state index in [4.69, 9.17) is 9.40 Å². The van der Waals surface area contributed by atoms with Gasteiger partial charge in [0, 0.05) is 37.9 Å². The largest absolute Gasteiger partial charge is 0.501 e. The Bertz CT molecular complexity index is 2480. The normalized spacial score (nSPS) is 17.7. The molecule has 3 aliphatic rings. The first kappa shape index (κ1) is 41.0. The first-order chi connectivity index (χ1) is 26.9. The summed E-state index contributed by atoms with van der Waals surface area (Å²) in [6, 6.07) is 36.7. The third kappa shape index (κ3) is 8.54. The number of benzene rings is 4. The van der Waals surface area contributed by atoms with Crippen molar-refractivity contribution in [2.45, 2.75) is 98.7 Å². The van der Waals surface area contributed by atoms with Gasteiger partial charge in [0.15, 0.2) is 0 Å². The van der Waals surface area contributed by atoms with E-state index < -0.39 is 8.07 Å². The van der Waals surface area contributed by atoms with Crippen LogP contribution < -0.4 is 5.19 Å². The zero-order valence-corrected chi connectivity index (χ0v) is 38.3. The topological polar surface area (TPSA) is 38.9 Å². The van der Waals surface area contributed by atoms with Crippen LogP contribution in [0.15, 0.2) is 102 Å². The minimum atomic E-state index is -1.34. The molecule has 3 aliphatic carbocycles. The molecule has 10 rings (SSSR count). The maximum atomic E-state index is 6.62. The number of pyridine rings is 2. The molecule has 1 atom stereocenters. The van der Waals surface area contributed by atoms with Gasteiger partial charge < -0.3 is 14.4 Å². The zero-order chi connectivity index (χ0) is 39.1. The standard InChI is InChI=1S/C35H34NO.C17H22NSi.Ir/c1-21-16-30(33-22(2)6-4-7-23(33)3)34-29-9-5-8-28(35(29)37-32(34)17-21)31-20-25(14-15-36-31)19-27-18-24-10-12-26(27)13-11-24;1-13(2)15-11-16(14-9-7-6-8-10-14)18-12-17(15)19(3,4)5;/h4-7,9,14-17,20,24,26-27H,10-13,18-19H2,1-3H3;6-9,11-13H,1-5H3;/q2*-1;. The number of hydrogen-bond acceptors (Lipinski definition) is 3. The van der Waals surface area contributed by atoms with Crippen molar-refractivity contribution in [3.8, 4) is 33.6 Å². The number of nitrogens with zero attached hydrogens (tertiary/aromatic N) is 2. The second-order valence-electron chi connectivity index (χ2n) is 18.0. The summed E-state index contributed by atoms with van der Waals surface area (Å²) in [6.45, 7) is 18.2. The van der Waals surface area contributed by atoms with Crippen LogP contribution in [0.4, 0.5) is 0 Å². The van der Waals surface area contributed by atoms with Crippen LogP contribution in [0.1, 0.15) is 79.7 Å². The Balaban J connectivity index is 0.000000211. The number of hydrogen-bond donors (Lipinski definition) is 0. The summed E-state index contributed by atoms with van der Waals surface area (Å²) >= 11 is 0. The molecule has 0 aliphatic heterocycles. The first-order valence-corrected chi connectivity index (χ1v) is 24.3. The molecule has 7 aromatic rings. The van der Waals surface area contributed by atoms with Gasteiger partial charge >= 0.3 is 0 Å². The molecule has 0 saturated heterocycles. The van der Waals surface area contributed by atoms with Gasteiger partial charge in [-0.3, -0.25) is 0 Å². The summed E-state index contributed by atoms with van der Waals surface area (Å²) in [7, 11) is -1.34. The van der Waals surface area contributed by atoms with Gasteiger partial charge in [-0.15, -0.1) is 54.1 Å². The van der Waals surface area contributed by atoms with Gasteiger partial charge in [0.05, 0.1) is 13.7 Å². The number of furan rings is 1. The van der Waals surface area contributed by atoms with Crippen LogP contribution in [0.25, 0.3) is 55.6 Å². The third-order valence-electron chi connectivity index (χ3n) is 12.6. The Morgan fingerprint density at radius 1 is 0.807 bits per heavy atom. The number of fused-ring (bicyclic) bond motifs is 6. The van der Waals surface area contributed by atoms with Crippen LogP contribution in [0.2, 0.25) is 19.6 Å². The molecular weight excluding hydrogens is 889 g/mol. The Morgan fingerprint density at radius 3 is 2.25 bits per heavy atom. The molecule has 0 amide bonds. The molecule has 1 radical (unpaired) electrons. The maximum Gasteiger partial charge on any atom is 0.121 e. The Kier molecular flexibility index (Phi) is 12.2. The predicted molar refractivity (Wildman–Crippen MR) is 238 cm³/mol. The van der Waals surface area contributed by atoms with Crippen molar-refractivity contribution in [3.05, 3.63) is 137 Å². The fourth-order valence-electron chi connectivity index (χ4n) is 9.72. The molecule has 295 valence electrons. The summed E-state index contributed by atoms with van der Waals surface area (Å²) < 4.78 is 6.62. The Labute approximate surface area is 355 Å². The monoisotopic (exact) mass is 945 g/mol. The van der Waals surface area contributed by atoms with Gasteiger partial charge in [-0.2, -0.15) is 0 Å². The molecule has 5 heteroatoms. The van der Waals surface area contributed by atoms with Crippen molar-refractivity contribution in [2.75, 3.05) is 0 Å². The van der Waals surface area contributed by atoms with Crippen molar-refractivity contribution in [1.29, 1.82) is 0 Å². The minimum Gasteiger partial charge on any atom is -0.501 e. The van der Waals surface area contributed by atoms with Crippen molar-refractivity contribution in [2.24, 2.45) is 17.8 Å². The molecule has 3 heterocycles. The maximum absolute atomic E-state index is 6.62. The quantitative estimate of drug-likeness (QED) is 0.118. The molecule has 3 fully saturated rings. The average molecular weight is 945 g/mol. The van der Waals surface area contributed by atoms with E-state index in [0.29, 0.717) is 5.92 Å². The second kappa shape index (κ2) is 17.0. The van der Waals surface area contributed by atoms with E-state index in [0.717, 1.165) is 56.8 Å². The third-order valence-corrected chi connectivity index (χ3v) is 14.6. The van der Waals surface area contributed by atoms with Gasteiger partial charge in [0.25, 0.3) is 0 Å². The molecular formula is C52H56IrN2OSi-2. The molecule has 4 aromatic carbocycles. The smallest absolute Gasteiger partial charge is 0.121 e. The van der Waals surface area contributed by atoms with Crippen LogP contribution in [0, 0.1) is 50.7 Å². The van der Waals surface area contributed by atoms with Crippen molar-refractivity contribution < 1.29 is 24.5 Å². The van der Waals surface area contributed by atoms with E-state index in [2.05, 4.69) is 138 Å². The summed E-state index contributed by atoms with van der Waals surface area (Å²) in [5.74, 6) is 3.24. The Morgan fingerprint density at radius 2 is 1.58 bits per heavy atom. The average Bonchev–Trinajstić information content (AvgIpc) is 3.57. The van der Waals surface area contributed by atoms with Gasteiger partial charge in [0.1, 0.15) is 5.58 Å². The van der Waals surface area contributed by atoms with Crippen LogP contribution in [0.5, 0.6) is 0 Å². The van der Waals surface area contributed by atoms with Crippen LogP contribution in [-0.4, -0.2) is 18.0 Å². The summed E-state index contributed by atoms with van der Waals surface area (Å²) in [5, 5.41) is 3.79. The van der Waals surface area contributed by atoms with Gasteiger partial charge in [0.2, 0.25) is 0 Å². The fraction of sp³-hybridized carbons (Fsp3) is 0.346. The second-order valence-corrected chi connectivity index (χ2v) is 23.1. The van der Waals surface area contributed by atoms with Gasteiger partial charge in [-0.05, 0) is 127 Å². The van der Waals surface area contributed by atoms with E-state index in [9.17, 15) is 0 Å². The number of rotatable bonds is 7. The molecule has 1 unspecified atom stereocenters. The van der Waals surface area contributed by atoms with Gasteiger partial charge in [-0.25, -0.2) is 0 Å². The van der Waals surface area contributed by atoms with E-state index in [1.165, 1.54) is 88.0 Å². The van der Waals surface area contributed by atoms with Crippen LogP contribution in [0.3, 0.4) is 0 Å². The summed E-state index contributed by atoms with van der Waals surface area (Å²) in [6.07, 6.45) is 12.4. The molecule has 3 nitrogen and oxygen atoms in total. The van der Waals surface area contributed by atoms with Gasteiger partial charge in [-0.1, -0.05) is 105 Å². The van der Waals surface area contributed by atoms with Crippen LogP contribution >= 0.6 is 0 Å². The van der Waals surface area contributed by atoms with Crippen LogP contribution in [-0.2, 0) is 26.5 Å². The van der Waals surface area contributed by atoms with E-state index in [1.807, 2.05) is 30.5 Å². The molecule has 3 saturated carbocycles. The molecule has 3 aromatic heterocycles.